The van der Waals surface area contributed by atoms with Gasteiger partial charge in [-0.05, 0) is 37.3 Å². The molecule has 1 N–H and O–H groups in total. The Balaban J connectivity index is 1.29. The van der Waals surface area contributed by atoms with Crippen molar-refractivity contribution in [1.82, 2.24) is 30.2 Å². The van der Waals surface area contributed by atoms with Gasteiger partial charge < -0.3 is 19.7 Å². The van der Waals surface area contributed by atoms with Crippen LogP contribution in [0.15, 0.2) is 60.8 Å². The van der Waals surface area contributed by atoms with E-state index < -0.39 is 12.1 Å². The topological polar surface area (TPSA) is 111 Å². The van der Waals surface area contributed by atoms with Gasteiger partial charge in [0, 0.05) is 42.7 Å². The van der Waals surface area contributed by atoms with Crippen LogP contribution in [0.5, 0.6) is 5.75 Å². The fourth-order valence-corrected chi connectivity index (χ4v) is 5.00. The summed E-state index contributed by atoms with van der Waals surface area (Å²) >= 11 is 0. The fraction of sp³-hybridized carbons (Fsp3) is 0.321. The van der Waals surface area contributed by atoms with E-state index in [4.69, 9.17) is 9.47 Å². The summed E-state index contributed by atoms with van der Waals surface area (Å²) in [6.07, 6.45) is 2.17. The number of rotatable bonds is 1. The van der Waals surface area contributed by atoms with Crippen LogP contribution >= 0.6 is 0 Å². The average molecular weight is 513 g/mol. The highest BCUT2D eigenvalue weighted by molar-refractivity contribution is 6.06. The van der Waals surface area contributed by atoms with Gasteiger partial charge in [-0.1, -0.05) is 29.5 Å². The molecule has 10 heteroatoms. The van der Waals surface area contributed by atoms with Crippen molar-refractivity contribution in [2.75, 3.05) is 19.7 Å². The maximum atomic E-state index is 13.8. The summed E-state index contributed by atoms with van der Waals surface area (Å²) < 4.78 is 13.9. The summed E-state index contributed by atoms with van der Waals surface area (Å²) in [7, 11) is 0. The van der Waals surface area contributed by atoms with Crippen molar-refractivity contribution in [3.63, 3.8) is 0 Å². The van der Waals surface area contributed by atoms with E-state index in [1.54, 1.807) is 27.8 Å². The van der Waals surface area contributed by atoms with Gasteiger partial charge in [0.1, 0.15) is 11.4 Å². The third-order valence-corrected chi connectivity index (χ3v) is 6.87. The zero-order valence-electron chi connectivity index (χ0n) is 21.0. The number of benzene rings is 2. The lowest BCUT2D eigenvalue weighted by molar-refractivity contribution is 0.0291. The molecular weight excluding hydrogens is 484 g/mol. The summed E-state index contributed by atoms with van der Waals surface area (Å²) in [4.78, 5) is 33.3. The van der Waals surface area contributed by atoms with Gasteiger partial charge in [0.15, 0.2) is 0 Å². The first-order valence-electron chi connectivity index (χ1n) is 12.7. The maximum absolute atomic E-state index is 13.8. The molecule has 0 unspecified atom stereocenters. The minimum atomic E-state index is -0.422. The first-order chi connectivity index (χ1) is 18.5. The number of aromatic nitrogens is 4. The molecule has 10 nitrogen and oxygen atoms in total. The number of nitrogens with one attached hydrogen (secondary N) is 1. The van der Waals surface area contributed by atoms with Crippen LogP contribution in [0, 0.1) is 6.92 Å². The molecule has 1 fully saturated rings. The molecule has 4 bridgehead atoms. The van der Waals surface area contributed by atoms with E-state index in [-0.39, 0.29) is 18.4 Å². The predicted octanol–water partition coefficient (Wildman–Crippen LogP) is 2.76. The lowest BCUT2D eigenvalue weighted by Crippen LogP contribution is -2.44. The minimum absolute atomic E-state index is 0.121. The van der Waals surface area contributed by atoms with Crippen LogP contribution < -0.4 is 10.1 Å². The summed E-state index contributed by atoms with van der Waals surface area (Å²) in [5.41, 5.74) is 3.31. The van der Waals surface area contributed by atoms with Crippen molar-refractivity contribution in [3.8, 4) is 5.75 Å². The molecule has 0 spiro atoms. The number of aryl methyl sites for hydroxylation is 2. The zero-order valence-corrected chi connectivity index (χ0v) is 21.0. The Morgan fingerprint density at radius 2 is 2.00 bits per heavy atom. The monoisotopic (exact) mass is 512 g/mol. The number of hydrogen-bond donors (Lipinski definition) is 1. The largest absolute Gasteiger partial charge is 0.494 e. The maximum Gasteiger partial charge on any atom is 0.254 e. The van der Waals surface area contributed by atoms with Gasteiger partial charge in [0.25, 0.3) is 11.8 Å². The van der Waals surface area contributed by atoms with E-state index in [0.717, 1.165) is 23.0 Å². The second-order valence-electron chi connectivity index (χ2n) is 9.67. The number of fused-ring (bicyclic) bond motifs is 6. The third kappa shape index (κ3) is 4.95. The normalized spacial score (nSPS) is 20.0. The van der Waals surface area contributed by atoms with Crippen LogP contribution in [0.1, 0.15) is 38.5 Å². The molecule has 2 aromatic carbocycles. The number of amides is 2. The Labute approximate surface area is 219 Å². The van der Waals surface area contributed by atoms with E-state index in [0.29, 0.717) is 48.8 Å². The van der Waals surface area contributed by atoms with Crippen LogP contribution in [0.2, 0.25) is 0 Å². The quantitative estimate of drug-likeness (QED) is 0.417. The van der Waals surface area contributed by atoms with E-state index in [1.165, 1.54) is 0 Å². The van der Waals surface area contributed by atoms with Crippen molar-refractivity contribution < 1.29 is 19.1 Å². The molecule has 194 valence electrons. The Kier molecular flexibility index (Phi) is 6.47. The number of ether oxygens (including phenoxy) is 2. The van der Waals surface area contributed by atoms with Gasteiger partial charge >= 0.3 is 0 Å². The molecule has 2 aliphatic rings. The molecule has 38 heavy (non-hydrogen) atoms. The van der Waals surface area contributed by atoms with Crippen LogP contribution in [-0.2, 0) is 17.9 Å². The second-order valence-corrected chi connectivity index (χ2v) is 9.67. The van der Waals surface area contributed by atoms with Crippen molar-refractivity contribution in [2.24, 2.45) is 0 Å². The summed E-state index contributed by atoms with van der Waals surface area (Å²) in [6, 6.07) is 16.1. The number of hydrogen-bond acceptors (Lipinski definition) is 7. The van der Waals surface area contributed by atoms with Gasteiger partial charge in [-0.15, -0.1) is 5.10 Å². The van der Waals surface area contributed by atoms with E-state index in [2.05, 4.69) is 20.6 Å². The molecule has 2 aromatic heterocycles. The predicted molar refractivity (Wildman–Crippen MR) is 139 cm³/mol. The molecule has 0 aliphatic carbocycles. The van der Waals surface area contributed by atoms with E-state index in [9.17, 15) is 9.59 Å². The number of carbonyl (C=O) groups is 2. The Morgan fingerprint density at radius 1 is 1.11 bits per heavy atom. The summed E-state index contributed by atoms with van der Waals surface area (Å²) in [6.45, 7) is 3.89. The number of para-hydroxylation sites is 1. The first-order valence-corrected chi connectivity index (χ1v) is 12.7. The third-order valence-electron chi connectivity index (χ3n) is 6.87. The SMILES string of the molecule is Cc1cc(C(=O)N2C[C@@H]3NC(=O)c4cccc(c4)OCCCn4cc(nn4)CO[C@H]3C2)c2ccccc2n1. The fourth-order valence-electron chi connectivity index (χ4n) is 5.00. The Hall–Kier alpha value is -4.31. The molecule has 0 radical (unpaired) electrons. The average Bonchev–Trinajstić information content (AvgIpc) is 3.55. The number of likely N-dealkylation sites (tertiary alicyclic amines) is 1. The van der Waals surface area contributed by atoms with Crippen molar-refractivity contribution in [3.05, 3.63) is 83.3 Å². The smallest absolute Gasteiger partial charge is 0.254 e. The molecule has 6 rings (SSSR count). The molecule has 0 saturated carbocycles. The van der Waals surface area contributed by atoms with Crippen LogP contribution in [0.3, 0.4) is 0 Å². The van der Waals surface area contributed by atoms with Crippen molar-refractivity contribution in [1.29, 1.82) is 0 Å². The Morgan fingerprint density at radius 3 is 2.92 bits per heavy atom. The standard InChI is InChI=1S/C28H28N6O4/c1-18-12-23(22-8-2-3-9-24(22)29-18)28(36)33-15-25-26(16-33)38-17-20-14-34(32-31-20)10-5-11-37-21-7-4-6-19(13-21)27(35)30-25/h2-4,6-9,12-14,25-26H,5,10-11,15-17H2,1H3,(H,30,35)/t25-,26-/m0/s1. The van der Waals surface area contributed by atoms with Gasteiger partial charge in [0.05, 0.1) is 42.6 Å². The molecule has 4 aromatic rings. The molecule has 4 heterocycles. The molecule has 2 atom stereocenters. The molecule has 2 amide bonds. The highest BCUT2D eigenvalue weighted by atomic mass is 16.5. The number of nitrogens with zero attached hydrogens (tertiary/aromatic N) is 5. The van der Waals surface area contributed by atoms with E-state index in [1.807, 2.05) is 49.5 Å². The highest BCUT2D eigenvalue weighted by Crippen LogP contribution is 2.24. The lowest BCUT2D eigenvalue weighted by atomic mass is 10.1. The van der Waals surface area contributed by atoms with Gasteiger partial charge in [-0.3, -0.25) is 19.3 Å². The van der Waals surface area contributed by atoms with Gasteiger partial charge in [-0.25, -0.2) is 0 Å². The summed E-state index contributed by atoms with van der Waals surface area (Å²) in [5.74, 6) is 0.260. The highest BCUT2D eigenvalue weighted by Gasteiger charge is 2.38. The van der Waals surface area contributed by atoms with Gasteiger partial charge in [-0.2, -0.15) is 0 Å². The zero-order chi connectivity index (χ0) is 26.1. The van der Waals surface area contributed by atoms with E-state index >= 15 is 0 Å². The van der Waals surface area contributed by atoms with Crippen molar-refractivity contribution in [2.45, 2.75) is 38.6 Å². The Bertz CT molecular complexity index is 1500. The van der Waals surface area contributed by atoms with Crippen LogP contribution in [0.25, 0.3) is 10.9 Å². The molecule has 2 aliphatic heterocycles. The van der Waals surface area contributed by atoms with Crippen molar-refractivity contribution >= 4 is 22.7 Å². The molecule has 1 saturated heterocycles. The van der Waals surface area contributed by atoms with Crippen LogP contribution in [0.4, 0.5) is 0 Å². The van der Waals surface area contributed by atoms with Crippen LogP contribution in [-0.4, -0.2) is 68.5 Å². The van der Waals surface area contributed by atoms with Gasteiger partial charge in [0.2, 0.25) is 0 Å². The minimum Gasteiger partial charge on any atom is -0.494 e. The first kappa shape index (κ1) is 24.1. The lowest BCUT2D eigenvalue weighted by Gasteiger charge is -2.20. The number of carbonyl (C=O) groups excluding carboxylic acids is 2. The second kappa shape index (κ2) is 10.2. The number of pyridine rings is 1. The summed E-state index contributed by atoms with van der Waals surface area (Å²) in [5, 5.41) is 12.3. The molecular formula is C28H28N6O4.